The predicted molar refractivity (Wildman–Crippen MR) is 70.3 cm³/mol. The Morgan fingerprint density at radius 2 is 1.74 bits per heavy atom. The number of carboxylic acids is 1. The number of amides is 2. The second-order valence-electron chi connectivity index (χ2n) is 4.75. The molecule has 0 saturated carbocycles. The first-order chi connectivity index (χ1) is 8.79. The van der Waals surface area contributed by atoms with Gasteiger partial charge in [-0.25, -0.2) is 0 Å². The Bertz CT molecular complexity index is 331. The molecule has 2 amide bonds. The van der Waals surface area contributed by atoms with Gasteiger partial charge in [0, 0.05) is 6.42 Å². The summed E-state index contributed by atoms with van der Waals surface area (Å²) in [5.74, 6) is -2.01. The average Bonchev–Trinajstić information content (AvgIpc) is 2.32. The molecule has 0 radical (unpaired) electrons. The molecular weight excluding hydrogens is 250 g/mol. The molecular formula is C12H23N3O4. The third-order valence-electron chi connectivity index (χ3n) is 2.60. The number of rotatable bonds is 8. The van der Waals surface area contributed by atoms with E-state index in [-0.39, 0.29) is 18.2 Å². The number of aliphatic carboxylic acids is 1. The van der Waals surface area contributed by atoms with E-state index in [9.17, 15) is 14.4 Å². The number of nitrogens with one attached hydrogen (secondary N) is 2. The quantitative estimate of drug-likeness (QED) is 0.473. The van der Waals surface area contributed by atoms with Crippen LogP contribution in [0.1, 0.15) is 33.6 Å². The normalized spacial score (nSPS) is 13.7. The standard InChI is InChI=1S/C12H23N3O4/c1-7(2)10(15-9(16)5-4-6-13)11(17)14-8(3)12(18)19/h7-8,10H,4-6,13H2,1-3H3,(H,14,17)(H,15,16)(H,18,19)/t8-,10+/m1/s1. The highest BCUT2D eigenvalue weighted by atomic mass is 16.4. The molecule has 0 spiro atoms. The summed E-state index contributed by atoms with van der Waals surface area (Å²) in [6.45, 7) is 5.33. The van der Waals surface area contributed by atoms with Crippen LogP contribution in [0.3, 0.4) is 0 Å². The Kier molecular flexibility index (Phi) is 7.74. The van der Waals surface area contributed by atoms with Gasteiger partial charge in [0.1, 0.15) is 12.1 Å². The molecule has 0 fully saturated rings. The number of carbonyl (C=O) groups excluding carboxylic acids is 2. The fourth-order valence-corrected chi connectivity index (χ4v) is 1.41. The van der Waals surface area contributed by atoms with Crippen LogP contribution in [0.25, 0.3) is 0 Å². The van der Waals surface area contributed by atoms with Crippen LogP contribution in [0.5, 0.6) is 0 Å². The summed E-state index contributed by atoms with van der Waals surface area (Å²) in [4.78, 5) is 34.1. The highest BCUT2D eigenvalue weighted by Crippen LogP contribution is 2.03. The molecule has 0 bridgehead atoms. The minimum Gasteiger partial charge on any atom is -0.480 e. The van der Waals surface area contributed by atoms with Crippen molar-refractivity contribution in [2.45, 2.75) is 45.7 Å². The summed E-state index contributed by atoms with van der Waals surface area (Å²) >= 11 is 0. The van der Waals surface area contributed by atoms with Crippen molar-refractivity contribution in [3.8, 4) is 0 Å². The summed E-state index contributed by atoms with van der Waals surface area (Å²) in [6.07, 6.45) is 0.797. The lowest BCUT2D eigenvalue weighted by Crippen LogP contribution is -2.53. The van der Waals surface area contributed by atoms with Crippen LogP contribution in [0, 0.1) is 5.92 Å². The smallest absolute Gasteiger partial charge is 0.325 e. The molecule has 2 atom stereocenters. The van der Waals surface area contributed by atoms with E-state index >= 15 is 0 Å². The first-order valence-electron chi connectivity index (χ1n) is 6.32. The summed E-state index contributed by atoms with van der Waals surface area (Å²) < 4.78 is 0. The maximum Gasteiger partial charge on any atom is 0.325 e. The van der Waals surface area contributed by atoms with E-state index in [1.54, 1.807) is 13.8 Å². The molecule has 0 aromatic carbocycles. The van der Waals surface area contributed by atoms with E-state index < -0.39 is 24.0 Å². The number of carboxylic acid groups (broad SMARTS) is 1. The van der Waals surface area contributed by atoms with Crippen molar-refractivity contribution in [3.05, 3.63) is 0 Å². The molecule has 0 rings (SSSR count). The fourth-order valence-electron chi connectivity index (χ4n) is 1.41. The maximum absolute atomic E-state index is 11.9. The minimum atomic E-state index is -1.12. The first kappa shape index (κ1) is 17.4. The predicted octanol–water partition coefficient (Wildman–Crippen LogP) is -0.545. The summed E-state index contributed by atoms with van der Waals surface area (Å²) in [6, 6.07) is -1.73. The van der Waals surface area contributed by atoms with Crippen LogP contribution >= 0.6 is 0 Å². The lowest BCUT2D eigenvalue weighted by atomic mass is 10.0. The van der Waals surface area contributed by atoms with Gasteiger partial charge in [-0.05, 0) is 25.8 Å². The van der Waals surface area contributed by atoms with Crippen LogP contribution in [0.2, 0.25) is 0 Å². The number of hydrogen-bond acceptors (Lipinski definition) is 4. The van der Waals surface area contributed by atoms with Gasteiger partial charge in [-0.15, -0.1) is 0 Å². The summed E-state index contributed by atoms with van der Waals surface area (Å²) in [5.41, 5.74) is 5.30. The van der Waals surface area contributed by atoms with Gasteiger partial charge >= 0.3 is 5.97 Å². The van der Waals surface area contributed by atoms with Crippen molar-refractivity contribution in [2.75, 3.05) is 6.54 Å². The van der Waals surface area contributed by atoms with Gasteiger partial charge < -0.3 is 21.5 Å². The summed E-state index contributed by atoms with van der Waals surface area (Å²) in [7, 11) is 0. The maximum atomic E-state index is 11.9. The molecule has 110 valence electrons. The highest BCUT2D eigenvalue weighted by molar-refractivity contribution is 5.90. The molecule has 0 unspecified atom stereocenters. The van der Waals surface area contributed by atoms with Crippen molar-refractivity contribution in [1.82, 2.24) is 10.6 Å². The van der Waals surface area contributed by atoms with Crippen molar-refractivity contribution < 1.29 is 19.5 Å². The molecule has 0 heterocycles. The Balaban J connectivity index is 4.51. The number of nitrogens with two attached hydrogens (primary N) is 1. The third-order valence-corrected chi connectivity index (χ3v) is 2.60. The lowest BCUT2D eigenvalue weighted by Gasteiger charge is -2.22. The molecule has 0 aliphatic carbocycles. The number of hydrogen-bond donors (Lipinski definition) is 4. The number of carbonyl (C=O) groups is 3. The molecule has 0 aromatic rings. The SMILES string of the molecule is CC(C)[C@H](NC(=O)CCCN)C(=O)N[C@H](C)C(=O)O. The van der Waals surface area contributed by atoms with E-state index in [1.807, 2.05) is 0 Å². The zero-order chi connectivity index (χ0) is 15.0. The molecule has 0 aliphatic rings. The molecule has 19 heavy (non-hydrogen) atoms. The van der Waals surface area contributed by atoms with Crippen LogP contribution in [-0.2, 0) is 14.4 Å². The van der Waals surface area contributed by atoms with E-state index in [0.29, 0.717) is 13.0 Å². The van der Waals surface area contributed by atoms with Crippen molar-refractivity contribution in [1.29, 1.82) is 0 Å². The van der Waals surface area contributed by atoms with Gasteiger partial charge in [0.05, 0.1) is 0 Å². The van der Waals surface area contributed by atoms with Crippen molar-refractivity contribution in [3.63, 3.8) is 0 Å². The van der Waals surface area contributed by atoms with Gasteiger partial charge in [0.2, 0.25) is 11.8 Å². The molecule has 0 aliphatic heterocycles. The Labute approximate surface area is 112 Å². The van der Waals surface area contributed by atoms with Gasteiger partial charge in [-0.2, -0.15) is 0 Å². The average molecular weight is 273 g/mol. The monoisotopic (exact) mass is 273 g/mol. The van der Waals surface area contributed by atoms with E-state index in [4.69, 9.17) is 10.8 Å². The molecule has 7 heteroatoms. The highest BCUT2D eigenvalue weighted by Gasteiger charge is 2.26. The van der Waals surface area contributed by atoms with Crippen LogP contribution in [-0.4, -0.2) is 41.5 Å². The topological polar surface area (TPSA) is 122 Å². The van der Waals surface area contributed by atoms with Crippen molar-refractivity contribution >= 4 is 17.8 Å². The first-order valence-corrected chi connectivity index (χ1v) is 6.32. The van der Waals surface area contributed by atoms with Gasteiger partial charge in [-0.1, -0.05) is 13.8 Å². The third kappa shape index (κ3) is 6.76. The molecule has 0 aromatic heterocycles. The Morgan fingerprint density at radius 3 is 2.16 bits per heavy atom. The zero-order valence-corrected chi connectivity index (χ0v) is 11.6. The van der Waals surface area contributed by atoms with E-state index in [2.05, 4.69) is 10.6 Å². The molecule has 7 nitrogen and oxygen atoms in total. The fraction of sp³-hybridized carbons (Fsp3) is 0.750. The molecule has 0 saturated heterocycles. The second kappa shape index (κ2) is 8.47. The molecule has 5 N–H and O–H groups in total. The Morgan fingerprint density at radius 1 is 1.16 bits per heavy atom. The van der Waals surface area contributed by atoms with E-state index in [1.165, 1.54) is 6.92 Å². The van der Waals surface area contributed by atoms with Crippen LogP contribution in [0.15, 0.2) is 0 Å². The summed E-state index contributed by atoms with van der Waals surface area (Å²) in [5, 5.41) is 13.7. The minimum absolute atomic E-state index is 0.136. The largest absolute Gasteiger partial charge is 0.480 e. The lowest BCUT2D eigenvalue weighted by molar-refractivity contribution is -0.142. The van der Waals surface area contributed by atoms with Gasteiger partial charge in [-0.3, -0.25) is 14.4 Å². The Hall–Kier alpha value is -1.63. The van der Waals surface area contributed by atoms with Crippen LogP contribution < -0.4 is 16.4 Å². The van der Waals surface area contributed by atoms with Gasteiger partial charge in [0.15, 0.2) is 0 Å². The van der Waals surface area contributed by atoms with Crippen LogP contribution in [0.4, 0.5) is 0 Å². The van der Waals surface area contributed by atoms with Gasteiger partial charge in [0.25, 0.3) is 0 Å². The zero-order valence-electron chi connectivity index (χ0n) is 11.6. The van der Waals surface area contributed by atoms with Crippen molar-refractivity contribution in [2.24, 2.45) is 11.7 Å². The second-order valence-corrected chi connectivity index (χ2v) is 4.75. The van der Waals surface area contributed by atoms with E-state index in [0.717, 1.165) is 0 Å².